The lowest BCUT2D eigenvalue weighted by Gasteiger charge is -2.40. The Hall–Kier alpha value is -3.99. The number of carbonyl (C=O) groups is 1. The Morgan fingerprint density at radius 1 is 1.13 bits per heavy atom. The molecule has 2 aromatic carbocycles. The normalized spacial score (nSPS) is 13.3. The zero-order valence-electron chi connectivity index (χ0n) is 21.7. The number of nitrogens with two attached hydrogens (primary N) is 1. The molecule has 0 bridgehead atoms. The van der Waals surface area contributed by atoms with Crippen LogP contribution in [0.4, 0.5) is 8.78 Å². The number of amides is 1. The maximum atomic E-state index is 14.8. The topological polar surface area (TPSA) is 108 Å². The molecule has 11 heteroatoms. The monoisotopic (exact) mass is 522 g/mol. The van der Waals surface area contributed by atoms with Crippen LogP contribution in [0.1, 0.15) is 38.2 Å². The van der Waals surface area contributed by atoms with E-state index in [1.54, 1.807) is 12.1 Å². The van der Waals surface area contributed by atoms with Crippen LogP contribution in [0.2, 0.25) is 0 Å². The predicted octanol–water partition coefficient (Wildman–Crippen LogP) is 3.64. The zero-order valence-corrected chi connectivity index (χ0v) is 21.7. The van der Waals surface area contributed by atoms with Crippen LogP contribution in [0.15, 0.2) is 67.1 Å². The Morgan fingerprint density at radius 3 is 2.53 bits per heavy atom. The first-order valence-electron chi connectivity index (χ1n) is 12.4. The van der Waals surface area contributed by atoms with Gasteiger partial charge in [-0.05, 0) is 33.5 Å². The first-order chi connectivity index (χ1) is 18.2. The number of alkyl halides is 1. The molecule has 0 spiro atoms. The SMILES string of the molecule is CC(C)(C)C(c1nc(-c2cccc(F)c2)cn1Cc1ccccc1)N(CC(F)CN)C(=O)Cn1cnnn1. The van der Waals surface area contributed by atoms with E-state index in [1.165, 1.54) is 28.0 Å². The van der Waals surface area contributed by atoms with Crippen LogP contribution < -0.4 is 5.73 Å². The molecule has 1 amide bonds. The highest BCUT2D eigenvalue weighted by atomic mass is 19.1. The van der Waals surface area contributed by atoms with Gasteiger partial charge in [-0.3, -0.25) is 4.79 Å². The number of rotatable bonds is 10. The number of benzene rings is 2. The summed E-state index contributed by atoms with van der Waals surface area (Å²) in [5.41, 5.74) is 7.22. The Labute approximate surface area is 220 Å². The minimum absolute atomic E-state index is 0.174. The minimum Gasteiger partial charge on any atom is -0.328 e. The van der Waals surface area contributed by atoms with E-state index in [9.17, 15) is 13.6 Å². The van der Waals surface area contributed by atoms with Crippen LogP contribution in [-0.2, 0) is 17.9 Å². The van der Waals surface area contributed by atoms with E-state index in [1.807, 2.05) is 61.9 Å². The van der Waals surface area contributed by atoms with Gasteiger partial charge in [0.2, 0.25) is 5.91 Å². The second-order valence-corrected chi connectivity index (χ2v) is 10.3. The van der Waals surface area contributed by atoms with Crippen molar-refractivity contribution >= 4 is 5.91 Å². The predicted molar refractivity (Wildman–Crippen MR) is 139 cm³/mol. The molecule has 0 saturated heterocycles. The second-order valence-electron chi connectivity index (χ2n) is 10.3. The van der Waals surface area contributed by atoms with Crippen molar-refractivity contribution in [2.24, 2.45) is 11.1 Å². The van der Waals surface area contributed by atoms with Crippen molar-refractivity contribution in [2.75, 3.05) is 13.1 Å². The van der Waals surface area contributed by atoms with Gasteiger partial charge in [-0.1, -0.05) is 63.2 Å². The fraction of sp³-hybridized carbons (Fsp3) is 0.370. The summed E-state index contributed by atoms with van der Waals surface area (Å²) in [5.74, 6) is -0.208. The quantitative estimate of drug-likeness (QED) is 0.341. The molecule has 0 saturated carbocycles. The van der Waals surface area contributed by atoms with Crippen molar-refractivity contribution in [1.29, 1.82) is 0 Å². The van der Waals surface area contributed by atoms with E-state index in [2.05, 4.69) is 15.5 Å². The van der Waals surface area contributed by atoms with Gasteiger partial charge in [0.25, 0.3) is 0 Å². The molecule has 0 aliphatic heterocycles. The van der Waals surface area contributed by atoms with Crippen LogP contribution in [0, 0.1) is 11.2 Å². The molecule has 0 aliphatic carbocycles. The van der Waals surface area contributed by atoms with Crippen molar-refractivity contribution in [3.8, 4) is 11.3 Å². The van der Waals surface area contributed by atoms with Gasteiger partial charge in [-0.25, -0.2) is 18.4 Å². The second kappa shape index (κ2) is 11.6. The number of aromatic nitrogens is 6. The van der Waals surface area contributed by atoms with E-state index >= 15 is 0 Å². The van der Waals surface area contributed by atoms with E-state index < -0.39 is 17.6 Å². The summed E-state index contributed by atoms with van der Waals surface area (Å²) in [6.07, 6.45) is 1.73. The third kappa shape index (κ3) is 6.46. The number of carbonyl (C=O) groups excluding carboxylic acids is 1. The largest absolute Gasteiger partial charge is 0.328 e. The summed E-state index contributed by atoms with van der Waals surface area (Å²) >= 11 is 0. The van der Waals surface area contributed by atoms with Gasteiger partial charge in [0.1, 0.15) is 30.7 Å². The Kier molecular flexibility index (Phi) is 8.26. The number of tetrazole rings is 1. The molecule has 200 valence electrons. The summed E-state index contributed by atoms with van der Waals surface area (Å²) in [5, 5.41) is 11.0. The molecule has 0 aliphatic rings. The van der Waals surface area contributed by atoms with Crippen molar-refractivity contribution < 1.29 is 13.6 Å². The van der Waals surface area contributed by atoms with Crippen LogP contribution in [0.3, 0.4) is 0 Å². The average Bonchev–Trinajstić information content (AvgIpc) is 3.53. The van der Waals surface area contributed by atoms with Gasteiger partial charge in [0.05, 0.1) is 18.3 Å². The summed E-state index contributed by atoms with van der Waals surface area (Å²) in [6.45, 7) is 5.71. The van der Waals surface area contributed by atoms with Crippen LogP contribution in [0.25, 0.3) is 11.3 Å². The molecule has 2 atom stereocenters. The summed E-state index contributed by atoms with van der Waals surface area (Å²) in [4.78, 5) is 20.0. The fourth-order valence-corrected chi connectivity index (χ4v) is 4.46. The van der Waals surface area contributed by atoms with Crippen molar-refractivity contribution in [2.45, 2.75) is 46.1 Å². The molecule has 2 heterocycles. The lowest BCUT2D eigenvalue weighted by molar-refractivity contribution is -0.138. The molecule has 2 N–H and O–H groups in total. The number of halogens is 2. The highest BCUT2D eigenvalue weighted by molar-refractivity contribution is 5.76. The van der Waals surface area contributed by atoms with Crippen LogP contribution >= 0.6 is 0 Å². The Morgan fingerprint density at radius 2 is 1.89 bits per heavy atom. The van der Waals surface area contributed by atoms with E-state index in [-0.39, 0.29) is 31.4 Å². The standard InChI is InChI=1S/C27H32F2N8O/c1-27(2,3)25(37(15-22(29)13-30)24(38)17-36-18-31-33-34-36)26-32-23(20-10-7-11-21(28)12-20)16-35(26)14-19-8-5-4-6-9-19/h4-12,16,18,22,25H,13-15,17,30H2,1-3H3. The molecule has 0 fully saturated rings. The average molecular weight is 523 g/mol. The Balaban J connectivity index is 1.84. The molecule has 38 heavy (non-hydrogen) atoms. The summed E-state index contributed by atoms with van der Waals surface area (Å²) in [6, 6.07) is 15.3. The van der Waals surface area contributed by atoms with Crippen molar-refractivity contribution in [1.82, 2.24) is 34.7 Å². The molecule has 9 nitrogen and oxygen atoms in total. The lowest BCUT2D eigenvalue weighted by atomic mass is 9.84. The third-order valence-electron chi connectivity index (χ3n) is 6.16. The van der Waals surface area contributed by atoms with Crippen molar-refractivity contribution in [3.05, 3.63) is 84.3 Å². The van der Waals surface area contributed by atoms with E-state index in [0.29, 0.717) is 23.6 Å². The molecule has 2 unspecified atom stereocenters. The minimum atomic E-state index is -1.45. The smallest absolute Gasteiger partial charge is 0.245 e. The molecular weight excluding hydrogens is 490 g/mol. The van der Waals surface area contributed by atoms with E-state index in [0.717, 1.165) is 5.56 Å². The van der Waals surface area contributed by atoms with Crippen LogP contribution in [-0.4, -0.2) is 59.8 Å². The number of hydrogen-bond acceptors (Lipinski definition) is 6. The van der Waals surface area contributed by atoms with Gasteiger partial charge in [-0.15, -0.1) is 5.10 Å². The Bertz CT molecular complexity index is 1330. The van der Waals surface area contributed by atoms with Gasteiger partial charge < -0.3 is 15.2 Å². The summed E-state index contributed by atoms with van der Waals surface area (Å²) in [7, 11) is 0. The molecule has 0 radical (unpaired) electrons. The highest BCUT2D eigenvalue weighted by Crippen LogP contribution is 2.39. The third-order valence-corrected chi connectivity index (χ3v) is 6.16. The maximum absolute atomic E-state index is 14.8. The fourth-order valence-electron chi connectivity index (χ4n) is 4.46. The van der Waals surface area contributed by atoms with Gasteiger partial charge in [0.15, 0.2) is 0 Å². The summed E-state index contributed by atoms with van der Waals surface area (Å²) < 4.78 is 32.1. The lowest BCUT2D eigenvalue weighted by Crippen LogP contribution is -2.47. The molecule has 2 aromatic heterocycles. The number of hydrogen-bond donors (Lipinski definition) is 1. The van der Waals surface area contributed by atoms with Gasteiger partial charge in [-0.2, -0.15) is 0 Å². The molecule has 4 aromatic rings. The van der Waals surface area contributed by atoms with Gasteiger partial charge >= 0.3 is 0 Å². The van der Waals surface area contributed by atoms with Crippen molar-refractivity contribution in [3.63, 3.8) is 0 Å². The highest BCUT2D eigenvalue weighted by Gasteiger charge is 2.39. The maximum Gasteiger partial charge on any atom is 0.245 e. The van der Waals surface area contributed by atoms with E-state index in [4.69, 9.17) is 10.7 Å². The van der Waals surface area contributed by atoms with Crippen LogP contribution in [0.5, 0.6) is 0 Å². The first kappa shape index (κ1) is 27.1. The first-order valence-corrected chi connectivity index (χ1v) is 12.4. The molecule has 4 rings (SSSR count). The molecular formula is C27H32F2N8O. The van der Waals surface area contributed by atoms with Gasteiger partial charge in [0, 0.05) is 24.8 Å². The number of nitrogens with zero attached hydrogens (tertiary/aromatic N) is 7. The number of imidazole rings is 1. The zero-order chi connectivity index (χ0) is 27.3.